The zero-order chi connectivity index (χ0) is 17.1. The van der Waals surface area contributed by atoms with Crippen molar-refractivity contribution in [1.82, 2.24) is 9.88 Å². The molecule has 1 atom stereocenters. The van der Waals surface area contributed by atoms with Crippen molar-refractivity contribution in [3.05, 3.63) is 59.9 Å². The first-order chi connectivity index (χ1) is 12.3. The van der Waals surface area contributed by atoms with Crippen molar-refractivity contribution in [1.29, 1.82) is 0 Å². The predicted octanol–water partition coefficient (Wildman–Crippen LogP) is 3.37. The molecule has 132 valence electrons. The minimum atomic E-state index is 0.348. The number of nitrogens with zero attached hydrogens (tertiary/aromatic N) is 2. The molecular weight excluding hydrogens is 332 g/mol. The Labute approximate surface area is 153 Å². The molecule has 0 amide bonds. The highest BCUT2D eigenvalue weighted by Crippen LogP contribution is 2.46. The fourth-order valence-electron chi connectivity index (χ4n) is 3.77. The molecule has 3 heterocycles. The normalized spacial score (nSPS) is 22.0. The van der Waals surface area contributed by atoms with Gasteiger partial charge in [-0.3, -0.25) is 9.88 Å². The maximum atomic E-state index is 6.09. The van der Waals surface area contributed by atoms with E-state index in [0.29, 0.717) is 17.5 Å². The lowest BCUT2D eigenvalue weighted by molar-refractivity contribution is 0.0249. The molecule has 1 aromatic heterocycles. The maximum absolute atomic E-state index is 6.09. The lowest BCUT2D eigenvalue weighted by Crippen LogP contribution is -2.58. The molecular formula is C20H24N2O2S. The van der Waals surface area contributed by atoms with Gasteiger partial charge >= 0.3 is 0 Å². The zero-order valence-electron chi connectivity index (χ0n) is 14.6. The van der Waals surface area contributed by atoms with Crippen LogP contribution < -0.4 is 4.74 Å². The summed E-state index contributed by atoms with van der Waals surface area (Å²) in [5, 5.41) is 0. The van der Waals surface area contributed by atoms with Gasteiger partial charge in [-0.2, -0.15) is 0 Å². The smallest absolute Gasteiger partial charge is 0.123 e. The highest BCUT2D eigenvalue weighted by Gasteiger charge is 2.49. The van der Waals surface area contributed by atoms with Crippen molar-refractivity contribution in [3.63, 3.8) is 0 Å². The van der Waals surface area contributed by atoms with Gasteiger partial charge in [-0.1, -0.05) is 24.3 Å². The Morgan fingerprint density at radius 1 is 1.20 bits per heavy atom. The minimum absolute atomic E-state index is 0.348. The Kier molecular flexibility index (Phi) is 4.97. The van der Waals surface area contributed by atoms with Crippen LogP contribution in [0.15, 0.2) is 48.7 Å². The molecule has 1 spiro atoms. The van der Waals surface area contributed by atoms with Gasteiger partial charge in [-0.25, -0.2) is 0 Å². The van der Waals surface area contributed by atoms with E-state index in [1.807, 2.05) is 36.5 Å². The van der Waals surface area contributed by atoms with Crippen molar-refractivity contribution in [2.75, 3.05) is 26.0 Å². The summed E-state index contributed by atoms with van der Waals surface area (Å²) in [5.74, 6) is 2.08. The van der Waals surface area contributed by atoms with E-state index in [0.717, 1.165) is 43.3 Å². The summed E-state index contributed by atoms with van der Waals surface area (Å²) in [5.41, 5.74) is 2.28. The van der Waals surface area contributed by atoms with Gasteiger partial charge in [-0.15, -0.1) is 11.8 Å². The van der Waals surface area contributed by atoms with Crippen molar-refractivity contribution < 1.29 is 9.47 Å². The van der Waals surface area contributed by atoms with Crippen LogP contribution >= 0.6 is 11.8 Å². The Morgan fingerprint density at radius 2 is 2.04 bits per heavy atom. The van der Waals surface area contributed by atoms with E-state index >= 15 is 0 Å². The number of methoxy groups -OCH3 is 1. The van der Waals surface area contributed by atoms with Crippen LogP contribution in [0, 0.1) is 0 Å². The summed E-state index contributed by atoms with van der Waals surface area (Å²) in [7, 11) is 1.74. The molecule has 1 unspecified atom stereocenters. The van der Waals surface area contributed by atoms with Gasteiger partial charge in [0, 0.05) is 41.9 Å². The SMILES string of the molecule is COc1ccccc1CN1CC2(CC(OCc3ccccn3)CS2)C1. The molecule has 4 rings (SSSR count). The molecule has 2 aromatic rings. The summed E-state index contributed by atoms with van der Waals surface area (Å²) < 4.78 is 11.9. The molecule has 5 heteroatoms. The van der Waals surface area contributed by atoms with Crippen LogP contribution in [0.3, 0.4) is 0 Å². The zero-order valence-corrected chi connectivity index (χ0v) is 15.4. The third-order valence-corrected chi connectivity index (χ3v) is 6.55. The molecule has 25 heavy (non-hydrogen) atoms. The molecule has 2 aliphatic heterocycles. The number of pyridine rings is 1. The van der Waals surface area contributed by atoms with Gasteiger partial charge in [0.25, 0.3) is 0 Å². The number of likely N-dealkylation sites (tertiary alicyclic amines) is 1. The standard InChI is InChI=1S/C20H24N2O2S/c1-23-19-8-3-2-6-16(19)11-22-14-20(15-22)10-18(13-25-20)24-12-17-7-4-5-9-21-17/h2-9,18H,10-15H2,1H3. The second kappa shape index (κ2) is 7.36. The molecule has 2 aliphatic rings. The van der Waals surface area contributed by atoms with Gasteiger partial charge in [-0.05, 0) is 24.6 Å². The third-order valence-electron chi connectivity index (χ3n) is 4.98. The number of para-hydroxylation sites is 1. The molecule has 4 nitrogen and oxygen atoms in total. The van der Waals surface area contributed by atoms with Crippen molar-refractivity contribution in [2.45, 2.75) is 30.4 Å². The molecule has 2 fully saturated rings. The first kappa shape index (κ1) is 16.9. The average molecular weight is 356 g/mol. The Balaban J connectivity index is 1.26. The largest absolute Gasteiger partial charge is 0.496 e. The summed E-state index contributed by atoms with van der Waals surface area (Å²) in [6.07, 6.45) is 3.32. The summed E-state index contributed by atoms with van der Waals surface area (Å²) in [4.78, 5) is 6.84. The average Bonchev–Trinajstić information content (AvgIpc) is 3.05. The third kappa shape index (κ3) is 3.84. The molecule has 0 bridgehead atoms. The van der Waals surface area contributed by atoms with Gasteiger partial charge in [0.2, 0.25) is 0 Å². The van der Waals surface area contributed by atoms with Gasteiger partial charge in [0.05, 0.1) is 25.5 Å². The van der Waals surface area contributed by atoms with E-state index < -0.39 is 0 Å². The number of hydrogen-bond donors (Lipinski definition) is 0. The van der Waals surface area contributed by atoms with E-state index in [1.54, 1.807) is 7.11 Å². The predicted molar refractivity (Wildman–Crippen MR) is 101 cm³/mol. The van der Waals surface area contributed by atoms with Crippen LogP contribution in [-0.4, -0.2) is 46.7 Å². The topological polar surface area (TPSA) is 34.6 Å². The van der Waals surface area contributed by atoms with Gasteiger partial charge in [0.15, 0.2) is 0 Å². The molecule has 0 saturated carbocycles. The first-order valence-electron chi connectivity index (χ1n) is 8.76. The van der Waals surface area contributed by atoms with Crippen molar-refractivity contribution in [2.24, 2.45) is 0 Å². The Hall–Kier alpha value is -1.56. The second-order valence-electron chi connectivity index (χ2n) is 6.91. The number of rotatable bonds is 6. The lowest BCUT2D eigenvalue weighted by Gasteiger charge is -2.47. The van der Waals surface area contributed by atoms with Crippen molar-refractivity contribution >= 4 is 11.8 Å². The summed E-state index contributed by atoms with van der Waals surface area (Å²) in [6, 6.07) is 14.3. The highest BCUT2D eigenvalue weighted by atomic mass is 32.2. The second-order valence-corrected chi connectivity index (χ2v) is 8.40. The van der Waals surface area contributed by atoms with Crippen LogP contribution in [0.25, 0.3) is 0 Å². The molecule has 2 saturated heterocycles. The summed E-state index contributed by atoms with van der Waals surface area (Å²) >= 11 is 2.08. The van der Waals surface area contributed by atoms with Gasteiger partial charge in [0.1, 0.15) is 5.75 Å². The van der Waals surface area contributed by atoms with Crippen LogP contribution in [0.4, 0.5) is 0 Å². The minimum Gasteiger partial charge on any atom is -0.496 e. The summed E-state index contributed by atoms with van der Waals surface area (Å²) in [6.45, 7) is 3.86. The first-order valence-corrected chi connectivity index (χ1v) is 9.75. The lowest BCUT2D eigenvalue weighted by atomic mass is 9.92. The van der Waals surface area contributed by atoms with Crippen LogP contribution in [-0.2, 0) is 17.9 Å². The number of benzene rings is 1. The number of hydrogen-bond acceptors (Lipinski definition) is 5. The maximum Gasteiger partial charge on any atom is 0.123 e. The van der Waals surface area contributed by atoms with E-state index in [1.165, 1.54) is 5.56 Å². The fourth-order valence-corrected chi connectivity index (χ4v) is 5.38. The van der Waals surface area contributed by atoms with E-state index in [-0.39, 0.29) is 0 Å². The van der Waals surface area contributed by atoms with Crippen molar-refractivity contribution in [3.8, 4) is 5.75 Å². The van der Waals surface area contributed by atoms with Crippen LogP contribution in [0.2, 0.25) is 0 Å². The monoisotopic (exact) mass is 356 g/mol. The number of aromatic nitrogens is 1. The van der Waals surface area contributed by atoms with E-state index in [9.17, 15) is 0 Å². The van der Waals surface area contributed by atoms with E-state index in [4.69, 9.17) is 9.47 Å². The van der Waals surface area contributed by atoms with Gasteiger partial charge < -0.3 is 9.47 Å². The molecule has 0 N–H and O–H groups in total. The van der Waals surface area contributed by atoms with Crippen LogP contribution in [0.1, 0.15) is 17.7 Å². The molecule has 0 radical (unpaired) electrons. The molecule has 1 aromatic carbocycles. The quantitative estimate of drug-likeness (QED) is 0.793. The Morgan fingerprint density at radius 3 is 2.84 bits per heavy atom. The molecule has 0 aliphatic carbocycles. The fraction of sp³-hybridized carbons (Fsp3) is 0.450. The number of thioether (sulfide) groups is 1. The number of ether oxygens (including phenoxy) is 2. The van der Waals surface area contributed by atoms with E-state index in [2.05, 4.69) is 33.8 Å². The van der Waals surface area contributed by atoms with Crippen LogP contribution in [0.5, 0.6) is 5.75 Å². The Bertz CT molecular complexity index is 704. The highest BCUT2D eigenvalue weighted by molar-refractivity contribution is 8.01.